The van der Waals surface area contributed by atoms with Crippen LogP contribution < -0.4 is 5.56 Å². The highest BCUT2D eigenvalue weighted by atomic mass is 35.5. The van der Waals surface area contributed by atoms with Crippen molar-refractivity contribution in [3.05, 3.63) is 63.4 Å². The zero-order chi connectivity index (χ0) is 18.6. The third kappa shape index (κ3) is 2.43. The van der Waals surface area contributed by atoms with E-state index < -0.39 is 22.3 Å². The summed E-state index contributed by atoms with van der Waals surface area (Å²) in [5, 5.41) is 3.83. The van der Waals surface area contributed by atoms with Crippen molar-refractivity contribution in [2.45, 2.75) is 13.1 Å². The van der Waals surface area contributed by atoms with Gasteiger partial charge in [-0.15, -0.1) is 0 Å². The van der Waals surface area contributed by atoms with Crippen LogP contribution in [0.5, 0.6) is 0 Å². The number of rotatable bonds is 1. The number of nitrogens with zero attached hydrogens (tertiary/aromatic N) is 5. The van der Waals surface area contributed by atoms with Crippen LogP contribution in [0.2, 0.25) is 5.02 Å². The number of hydrogen-bond acceptors (Lipinski definition) is 4. The van der Waals surface area contributed by atoms with E-state index in [0.29, 0.717) is 17.0 Å². The largest absolute Gasteiger partial charge is 0.417 e. The van der Waals surface area contributed by atoms with Crippen LogP contribution in [-0.2, 0) is 6.18 Å². The molecule has 3 aromatic heterocycles. The summed E-state index contributed by atoms with van der Waals surface area (Å²) in [5.74, 6) is 0.331. The standard InChI is InChI=1S/C16H9ClF3N5O/c1-8-13-12(25-15(23-8)21-7-22-25)4-5-24(14(13)26)9-2-3-11(17)10(6-9)16(18,19)20/h2-7H,1H3. The Kier molecular flexibility index (Phi) is 3.52. The Labute approximate surface area is 148 Å². The molecule has 0 unspecified atom stereocenters. The highest BCUT2D eigenvalue weighted by molar-refractivity contribution is 6.31. The number of benzene rings is 1. The van der Waals surface area contributed by atoms with Gasteiger partial charge in [0.15, 0.2) is 0 Å². The van der Waals surface area contributed by atoms with Crippen molar-refractivity contribution in [2.75, 3.05) is 0 Å². The lowest BCUT2D eigenvalue weighted by Crippen LogP contribution is -2.20. The number of halogens is 4. The first-order chi connectivity index (χ1) is 12.3. The second-order valence-corrected chi connectivity index (χ2v) is 5.99. The van der Waals surface area contributed by atoms with Gasteiger partial charge in [0.1, 0.15) is 6.33 Å². The van der Waals surface area contributed by atoms with Crippen molar-refractivity contribution in [3.8, 4) is 5.69 Å². The molecule has 0 aliphatic carbocycles. The smallest absolute Gasteiger partial charge is 0.284 e. The van der Waals surface area contributed by atoms with E-state index in [1.165, 1.54) is 23.1 Å². The molecule has 10 heteroatoms. The minimum absolute atomic E-state index is 0.0479. The Morgan fingerprint density at radius 1 is 1.19 bits per heavy atom. The molecule has 6 nitrogen and oxygen atoms in total. The topological polar surface area (TPSA) is 65.1 Å². The fraction of sp³-hybridized carbons (Fsp3) is 0.125. The quantitative estimate of drug-likeness (QED) is 0.508. The van der Waals surface area contributed by atoms with Crippen molar-refractivity contribution in [1.29, 1.82) is 0 Å². The number of fused-ring (bicyclic) bond motifs is 3. The molecular formula is C16H9ClF3N5O. The first kappa shape index (κ1) is 16.5. The van der Waals surface area contributed by atoms with E-state index in [-0.39, 0.29) is 11.1 Å². The van der Waals surface area contributed by atoms with E-state index >= 15 is 0 Å². The van der Waals surface area contributed by atoms with Crippen LogP contribution in [0, 0.1) is 6.92 Å². The molecule has 3 heterocycles. The molecule has 0 spiro atoms. The Morgan fingerprint density at radius 2 is 1.96 bits per heavy atom. The van der Waals surface area contributed by atoms with E-state index in [0.717, 1.165) is 16.7 Å². The second kappa shape index (κ2) is 5.53. The molecule has 26 heavy (non-hydrogen) atoms. The summed E-state index contributed by atoms with van der Waals surface area (Å²) in [4.78, 5) is 21.1. The third-order valence-electron chi connectivity index (χ3n) is 3.99. The molecule has 0 N–H and O–H groups in total. The summed E-state index contributed by atoms with van der Waals surface area (Å²) in [7, 11) is 0. The minimum Gasteiger partial charge on any atom is -0.284 e. The van der Waals surface area contributed by atoms with E-state index in [4.69, 9.17) is 11.6 Å². The third-order valence-corrected chi connectivity index (χ3v) is 4.32. The van der Waals surface area contributed by atoms with E-state index in [9.17, 15) is 18.0 Å². The van der Waals surface area contributed by atoms with Crippen LogP contribution in [0.1, 0.15) is 11.3 Å². The van der Waals surface area contributed by atoms with E-state index in [1.807, 2.05) is 0 Å². The summed E-state index contributed by atoms with van der Waals surface area (Å²) in [6.07, 6.45) is -1.94. The first-order valence-electron chi connectivity index (χ1n) is 7.36. The summed E-state index contributed by atoms with van der Waals surface area (Å²) in [5.41, 5.74) is -0.599. The fourth-order valence-electron chi connectivity index (χ4n) is 2.81. The van der Waals surface area contributed by atoms with Crippen molar-refractivity contribution < 1.29 is 13.2 Å². The molecule has 4 aromatic rings. The van der Waals surface area contributed by atoms with Crippen LogP contribution in [0.25, 0.3) is 22.4 Å². The van der Waals surface area contributed by atoms with Crippen LogP contribution in [0.3, 0.4) is 0 Å². The maximum Gasteiger partial charge on any atom is 0.417 e. The highest BCUT2D eigenvalue weighted by Gasteiger charge is 2.33. The first-order valence-corrected chi connectivity index (χ1v) is 7.74. The predicted molar refractivity (Wildman–Crippen MR) is 88.6 cm³/mol. The molecule has 0 aliphatic heterocycles. The molecule has 0 atom stereocenters. The SMILES string of the molecule is Cc1nc2ncnn2c2ccn(-c3ccc(Cl)c(C(F)(F)F)c3)c(=O)c12. The summed E-state index contributed by atoms with van der Waals surface area (Å²) < 4.78 is 41.8. The lowest BCUT2D eigenvalue weighted by Gasteiger charge is -2.13. The minimum atomic E-state index is -4.63. The van der Waals surface area contributed by atoms with Crippen LogP contribution >= 0.6 is 11.6 Å². The van der Waals surface area contributed by atoms with Gasteiger partial charge < -0.3 is 0 Å². The van der Waals surface area contributed by atoms with Crippen LogP contribution in [-0.4, -0.2) is 24.1 Å². The van der Waals surface area contributed by atoms with Gasteiger partial charge in [0.05, 0.1) is 27.2 Å². The number of aryl methyl sites for hydroxylation is 1. The Morgan fingerprint density at radius 3 is 2.69 bits per heavy atom. The normalized spacial score (nSPS) is 12.2. The molecule has 0 fully saturated rings. The van der Waals surface area contributed by atoms with E-state index in [1.54, 1.807) is 13.0 Å². The molecule has 0 saturated heterocycles. The van der Waals surface area contributed by atoms with Crippen molar-refractivity contribution in [1.82, 2.24) is 24.1 Å². The number of hydrogen-bond donors (Lipinski definition) is 0. The maximum absolute atomic E-state index is 13.1. The second-order valence-electron chi connectivity index (χ2n) is 5.58. The Bertz CT molecular complexity index is 1230. The van der Waals surface area contributed by atoms with Gasteiger partial charge in [0.2, 0.25) is 0 Å². The number of aromatic nitrogens is 5. The average Bonchev–Trinajstić information content (AvgIpc) is 3.03. The number of pyridine rings is 1. The highest BCUT2D eigenvalue weighted by Crippen LogP contribution is 2.35. The van der Waals surface area contributed by atoms with Gasteiger partial charge >= 0.3 is 6.18 Å². The molecule has 0 aliphatic rings. The summed E-state index contributed by atoms with van der Waals surface area (Å²) in [6.45, 7) is 1.63. The van der Waals surface area contributed by atoms with Gasteiger partial charge in [-0.05, 0) is 31.2 Å². The van der Waals surface area contributed by atoms with Crippen molar-refractivity contribution in [3.63, 3.8) is 0 Å². The average molecular weight is 380 g/mol. The Balaban J connectivity index is 2.02. The van der Waals surface area contributed by atoms with E-state index in [2.05, 4.69) is 15.1 Å². The van der Waals surface area contributed by atoms with Crippen LogP contribution in [0.15, 0.2) is 41.6 Å². The summed E-state index contributed by atoms with van der Waals surface area (Å²) >= 11 is 5.65. The van der Waals surface area contributed by atoms with Gasteiger partial charge in [-0.25, -0.2) is 4.98 Å². The zero-order valence-corrected chi connectivity index (χ0v) is 13.9. The molecule has 0 saturated carbocycles. The fourth-order valence-corrected chi connectivity index (χ4v) is 3.04. The molecule has 0 amide bonds. The van der Waals surface area contributed by atoms with Crippen molar-refractivity contribution >= 4 is 28.3 Å². The van der Waals surface area contributed by atoms with Gasteiger partial charge in [0.25, 0.3) is 11.3 Å². The molecular weight excluding hydrogens is 371 g/mol. The molecule has 4 rings (SSSR count). The van der Waals surface area contributed by atoms with Gasteiger partial charge in [-0.2, -0.15) is 27.8 Å². The monoisotopic (exact) mass is 379 g/mol. The molecule has 0 radical (unpaired) electrons. The van der Waals surface area contributed by atoms with Crippen molar-refractivity contribution in [2.24, 2.45) is 0 Å². The molecule has 1 aromatic carbocycles. The molecule has 132 valence electrons. The Hall–Kier alpha value is -2.94. The maximum atomic E-state index is 13.1. The zero-order valence-electron chi connectivity index (χ0n) is 13.1. The number of alkyl halides is 3. The predicted octanol–water partition coefficient (Wildman–Crippen LogP) is 3.41. The lowest BCUT2D eigenvalue weighted by molar-refractivity contribution is -0.137. The van der Waals surface area contributed by atoms with Gasteiger partial charge in [-0.1, -0.05) is 11.6 Å². The van der Waals surface area contributed by atoms with Gasteiger partial charge in [0, 0.05) is 11.9 Å². The van der Waals surface area contributed by atoms with Crippen LogP contribution in [0.4, 0.5) is 13.2 Å². The van der Waals surface area contributed by atoms with Gasteiger partial charge in [-0.3, -0.25) is 9.36 Å². The lowest BCUT2D eigenvalue weighted by atomic mass is 10.1. The summed E-state index contributed by atoms with van der Waals surface area (Å²) in [6, 6.07) is 4.88. The molecule has 0 bridgehead atoms.